The van der Waals surface area contributed by atoms with Crippen molar-refractivity contribution < 1.29 is 5.11 Å². The molecule has 0 aromatic heterocycles. The Morgan fingerprint density at radius 1 is 1.42 bits per heavy atom. The van der Waals surface area contributed by atoms with Crippen molar-refractivity contribution in [3.63, 3.8) is 0 Å². The van der Waals surface area contributed by atoms with E-state index in [0.29, 0.717) is 5.75 Å². The Balaban J connectivity index is 3.40. The van der Waals surface area contributed by atoms with Crippen LogP contribution in [0.5, 0.6) is 5.75 Å². The summed E-state index contributed by atoms with van der Waals surface area (Å²) in [7, 11) is 0. The van der Waals surface area contributed by atoms with E-state index in [9.17, 15) is 5.11 Å². The fraction of sp³-hybridized carbons (Fsp3) is 0.400. The molecule has 0 bridgehead atoms. The van der Waals surface area contributed by atoms with Crippen LogP contribution in [0.2, 0.25) is 0 Å². The van der Waals surface area contributed by atoms with E-state index in [-0.39, 0.29) is 0 Å². The van der Waals surface area contributed by atoms with Gasteiger partial charge in [0.2, 0.25) is 0 Å². The lowest BCUT2D eigenvalue weighted by Gasteiger charge is -2.10. The van der Waals surface area contributed by atoms with Crippen LogP contribution in [0.15, 0.2) is 6.07 Å². The third kappa shape index (κ3) is 1.58. The Kier molecular flexibility index (Phi) is 2.99. The SMILES string of the molecule is CCc1c(C)cc(I)c(O)c1C. The van der Waals surface area contributed by atoms with E-state index in [1.165, 1.54) is 11.1 Å². The van der Waals surface area contributed by atoms with Crippen molar-refractivity contribution in [2.24, 2.45) is 0 Å². The Bertz CT molecular complexity index is 305. The molecule has 0 fully saturated rings. The third-order valence-corrected chi connectivity index (χ3v) is 3.03. The van der Waals surface area contributed by atoms with Crippen LogP contribution in [0.1, 0.15) is 23.6 Å². The predicted octanol–water partition coefficient (Wildman–Crippen LogP) is 3.18. The lowest BCUT2D eigenvalue weighted by molar-refractivity contribution is 0.466. The van der Waals surface area contributed by atoms with Crippen LogP contribution in [-0.4, -0.2) is 5.11 Å². The van der Waals surface area contributed by atoms with Gasteiger partial charge in [-0.2, -0.15) is 0 Å². The van der Waals surface area contributed by atoms with Gasteiger partial charge in [0, 0.05) is 0 Å². The molecule has 12 heavy (non-hydrogen) atoms. The largest absolute Gasteiger partial charge is 0.507 e. The van der Waals surface area contributed by atoms with E-state index in [2.05, 4.69) is 36.4 Å². The molecule has 1 aromatic carbocycles. The minimum atomic E-state index is 0.443. The quantitative estimate of drug-likeness (QED) is 0.781. The summed E-state index contributed by atoms with van der Waals surface area (Å²) in [5, 5.41) is 9.64. The van der Waals surface area contributed by atoms with Gasteiger partial charge in [-0.1, -0.05) is 6.92 Å². The van der Waals surface area contributed by atoms with Crippen LogP contribution >= 0.6 is 22.6 Å². The van der Waals surface area contributed by atoms with E-state index < -0.39 is 0 Å². The maximum atomic E-state index is 9.64. The van der Waals surface area contributed by atoms with Crippen molar-refractivity contribution in [3.05, 3.63) is 26.3 Å². The topological polar surface area (TPSA) is 20.2 Å². The number of rotatable bonds is 1. The molecule has 1 nitrogen and oxygen atoms in total. The highest BCUT2D eigenvalue weighted by Gasteiger charge is 2.08. The first kappa shape index (κ1) is 9.84. The Morgan fingerprint density at radius 2 is 2.00 bits per heavy atom. The molecular formula is C10H13IO. The molecule has 0 saturated carbocycles. The molecule has 0 aliphatic carbocycles. The highest BCUT2D eigenvalue weighted by molar-refractivity contribution is 14.1. The zero-order valence-corrected chi connectivity index (χ0v) is 9.77. The van der Waals surface area contributed by atoms with Gasteiger partial charge in [0.25, 0.3) is 0 Å². The molecule has 1 aromatic rings. The number of phenols is 1. The first-order valence-corrected chi connectivity index (χ1v) is 5.13. The third-order valence-electron chi connectivity index (χ3n) is 2.21. The highest BCUT2D eigenvalue weighted by atomic mass is 127. The van der Waals surface area contributed by atoms with Crippen LogP contribution in [0.4, 0.5) is 0 Å². The number of halogens is 1. The van der Waals surface area contributed by atoms with Crippen molar-refractivity contribution in [2.45, 2.75) is 27.2 Å². The van der Waals surface area contributed by atoms with E-state index in [1.807, 2.05) is 13.0 Å². The van der Waals surface area contributed by atoms with Crippen LogP contribution in [0, 0.1) is 17.4 Å². The van der Waals surface area contributed by atoms with Crippen LogP contribution < -0.4 is 0 Å². The molecular weight excluding hydrogens is 263 g/mol. The monoisotopic (exact) mass is 276 g/mol. The maximum absolute atomic E-state index is 9.64. The van der Waals surface area contributed by atoms with Gasteiger partial charge in [-0.05, 0) is 65.6 Å². The van der Waals surface area contributed by atoms with E-state index in [0.717, 1.165) is 15.6 Å². The summed E-state index contributed by atoms with van der Waals surface area (Å²) in [6.45, 7) is 6.18. The molecule has 0 amide bonds. The lowest BCUT2D eigenvalue weighted by atomic mass is 10.00. The van der Waals surface area contributed by atoms with Crippen LogP contribution in [0.3, 0.4) is 0 Å². The summed E-state index contributed by atoms with van der Waals surface area (Å²) in [6, 6.07) is 2.03. The zero-order chi connectivity index (χ0) is 9.30. The highest BCUT2D eigenvalue weighted by Crippen LogP contribution is 2.29. The minimum Gasteiger partial charge on any atom is -0.507 e. The standard InChI is InChI=1S/C10H13IO/c1-4-8-6(2)5-9(11)10(12)7(8)3/h5,12H,4H2,1-3H3. The smallest absolute Gasteiger partial charge is 0.132 e. The molecule has 0 radical (unpaired) electrons. The van der Waals surface area contributed by atoms with E-state index >= 15 is 0 Å². The van der Waals surface area contributed by atoms with Crippen molar-refractivity contribution in [2.75, 3.05) is 0 Å². The van der Waals surface area contributed by atoms with E-state index in [1.54, 1.807) is 0 Å². The van der Waals surface area contributed by atoms with Gasteiger partial charge < -0.3 is 5.11 Å². The van der Waals surface area contributed by atoms with Crippen molar-refractivity contribution in [3.8, 4) is 5.75 Å². The molecule has 1 N–H and O–H groups in total. The molecule has 0 saturated heterocycles. The van der Waals surface area contributed by atoms with Gasteiger partial charge in [-0.25, -0.2) is 0 Å². The van der Waals surface area contributed by atoms with Crippen molar-refractivity contribution >= 4 is 22.6 Å². The summed E-state index contributed by atoms with van der Waals surface area (Å²) >= 11 is 2.16. The summed E-state index contributed by atoms with van der Waals surface area (Å²) in [5.41, 5.74) is 3.58. The number of aromatic hydroxyl groups is 1. The maximum Gasteiger partial charge on any atom is 0.132 e. The Labute approximate surface area is 86.9 Å². The van der Waals surface area contributed by atoms with Crippen molar-refractivity contribution in [1.29, 1.82) is 0 Å². The van der Waals surface area contributed by atoms with Gasteiger partial charge >= 0.3 is 0 Å². The minimum absolute atomic E-state index is 0.443. The van der Waals surface area contributed by atoms with Gasteiger partial charge in [0.05, 0.1) is 3.57 Å². The molecule has 0 aliphatic rings. The molecule has 1 rings (SSSR count). The Hall–Kier alpha value is -0.250. The fourth-order valence-electron chi connectivity index (χ4n) is 1.51. The fourth-order valence-corrected chi connectivity index (χ4v) is 2.38. The number of hydrogen-bond acceptors (Lipinski definition) is 1. The van der Waals surface area contributed by atoms with Crippen LogP contribution in [-0.2, 0) is 6.42 Å². The summed E-state index contributed by atoms with van der Waals surface area (Å²) in [5.74, 6) is 0.443. The number of benzene rings is 1. The Morgan fingerprint density at radius 3 is 2.50 bits per heavy atom. The molecule has 0 spiro atoms. The second-order valence-electron chi connectivity index (χ2n) is 2.98. The second-order valence-corrected chi connectivity index (χ2v) is 4.14. The first-order chi connectivity index (χ1) is 5.57. The van der Waals surface area contributed by atoms with Crippen LogP contribution in [0.25, 0.3) is 0 Å². The normalized spacial score (nSPS) is 10.3. The molecule has 2 heteroatoms. The predicted molar refractivity (Wildman–Crippen MR) is 59.7 cm³/mol. The number of hydrogen-bond donors (Lipinski definition) is 1. The number of phenolic OH excluding ortho intramolecular Hbond substituents is 1. The summed E-state index contributed by atoms with van der Waals surface area (Å²) in [6.07, 6.45) is 0.988. The lowest BCUT2D eigenvalue weighted by Crippen LogP contribution is -1.93. The molecule has 0 atom stereocenters. The molecule has 0 heterocycles. The molecule has 0 aliphatic heterocycles. The van der Waals surface area contributed by atoms with Gasteiger partial charge in [0.1, 0.15) is 5.75 Å². The zero-order valence-electron chi connectivity index (χ0n) is 7.61. The summed E-state index contributed by atoms with van der Waals surface area (Å²) < 4.78 is 0.944. The van der Waals surface area contributed by atoms with E-state index in [4.69, 9.17) is 0 Å². The second kappa shape index (κ2) is 3.64. The van der Waals surface area contributed by atoms with Gasteiger partial charge in [-0.15, -0.1) is 0 Å². The molecule has 0 unspecified atom stereocenters. The average molecular weight is 276 g/mol. The average Bonchev–Trinajstić information content (AvgIpc) is 2.01. The molecule has 66 valence electrons. The first-order valence-electron chi connectivity index (χ1n) is 4.05. The van der Waals surface area contributed by atoms with Gasteiger partial charge in [0.15, 0.2) is 0 Å². The summed E-state index contributed by atoms with van der Waals surface area (Å²) in [4.78, 5) is 0. The van der Waals surface area contributed by atoms with Crippen molar-refractivity contribution in [1.82, 2.24) is 0 Å². The van der Waals surface area contributed by atoms with Gasteiger partial charge in [-0.3, -0.25) is 0 Å². The number of aryl methyl sites for hydroxylation is 1.